The van der Waals surface area contributed by atoms with Gasteiger partial charge in [-0.3, -0.25) is 4.79 Å². The van der Waals surface area contributed by atoms with Crippen LogP contribution in [0.2, 0.25) is 0 Å². The second kappa shape index (κ2) is 10.2. The molecule has 0 bridgehead atoms. The summed E-state index contributed by atoms with van der Waals surface area (Å²) in [5, 5.41) is 0. The molecule has 37 heavy (non-hydrogen) atoms. The lowest BCUT2D eigenvalue weighted by atomic mass is 9.95. The monoisotopic (exact) mass is 498 g/mol. The van der Waals surface area contributed by atoms with Crippen molar-refractivity contribution in [3.63, 3.8) is 0 Å². The van der Waals surface area contributed by atoms with E-state index in [9.17, 15) is 9.18 Å². The quantitative estimate of drug-likeness (QED) is 0.319. The third kappa shape index (κ3) is 4.78. The van der Waals surface area contributed by atoms with Crippen LogP contribution in [0.4, 0.5) is 10.1 Å². The molecule has 6 nitrogen and oxygen atoms in total. The third-order valence-corrected chi connectivity index (χ3v) is 7.62. The van der Waals surface area contributed by atoms with Crippen molar-refractivity contribution < 1.29 is 13.6 Å². The molecule has 4 aromatic rings. The first kappa shape index (κ1) is 23.5. The molecule has 0 atom stereocenters. The summed E-state index contributed by atoms with van der Waals surface area (Å²) in [4.78, 5) is 22.2. The van der Waals surface area contributed by atoms with Crippen molar-refractivity contribution in [2.24, 2.45) is 0 Å². The second-order valence-electron chi connectivity index (χ2n) is 9.93. The molecule has 1 amide bonds. The van der Waals surface area contributed by atoms with Crippen molar-refractivity contribution in [3.8, 4) is 22.7 Å². The van der Waals surface area contributed by atoms with Gasteiger partial charge in [0.1, 0.15) is 11.5 Å². The Balaban J connectivity index is 1.26. The summed E-state index contributed by atoms with van der Waals surface area (Å²) in [6.07, 6.45) is 7.67. The van der Waals surface area contributed by atoms with Crippen LogP contribution in [0.3, 0.4) is 0 Å². The van der Waals surface area contributed by atoms with Crippen molar-refractivity contribution in [1.29, 1.82) is 0 Å². The average Bonchev–Trinajstić information content (AvgIpc) is 3.62. The van der Waals surface area contributed by atoms with E-state index in [0.717, 1.165) is 42.9 Å². The van der Waals surface area contributed by atoms with Crippen LogP contribution in [-0.4, -0.2) is 46.5 Å². The van der Waals surface area contributed by atoms with Crippen LogP contribution in [0.1, 0.15) is 48.7 Å². The fourth-order valence-corrected chi connectivity index (χ4v) is 5.60. The number of para-hydroxylation sites is 1. The molecule has 0 unspecified atom stereocenters. The molecular formula is C30H31FN4O2. The molecule has 2 aromatic heterocycles. The average molecular weight is 499 g/mol. The van der Waals surface area contributed by atoms with Crippen LogP contribution >= 0.6 is 0 Å². The van der Waals surface area contributed by atoms with E-state index < -0.39 is 0 Å². The number of rotatable bonds is 5. The topological polar surface area (TPSA) is 54.5 Å². The minimum absolute atomic E-state index is 0.0916. The zero-order chi connectivity index (χ0) is 25.2. The molecule has 3 heterocycles. The highest BCUT2D eigenvalue weighted by Crippen LogP contribution is 2.38. The number of amides is 1. The third-order valence-electron chi connectivity index (χ3n) is 7.62. The maximum Gasteiger partial charge on any atom is 0.289 e. The number of carbonyl (C=O) groups excluding carboxylic acids is 1. The Bertz CT molecular complexity index is 1350. The molecule has 1 saturated heterocycles. The predicted molar refractivity (Wildman–Crippen MR) is 142 cm³/mol. The fraction of sp³-hybridized carbons (Fsp3) is 0.333. The first-order valence-electron chi connectivity index (χ1n) is 13.2. The van der Waals surface area contributed by atoms with Crippen LogP contribution in [0.15, 0.2) is 77.5 Å². The van der Waals surface area contributed by atoms with E-state index in [-0.39, 0.29) is 11.7 Å². The number of hydrogen-bond donors (Lipinski definition) is 0. The Hall–Kier alpha value is -3.87. The summed E-state index contributed by atoms with van der Waals surface area (Å²) in [6.45, 7) is 2.86. The molecule has 190 valence electrons. The lowest BCUT2D eigenvalue weighted by Gasteiger charge is -2.35. The Kier molecular flexibility index (Phi) is 6.51. The number of aromatic nitrogens is 2. The number of furan rings is 1. The van der Waals surface area contributed by atoms with Crippen LogP contribution < -0.4 is 4.90 Å². The van der Waals surface area contributed by atoms with E-state index >= 15 is 0 Å². The fourth-order valence-electron chi connectivity index (χ4n) is 5.60. The molecule has 0 radical (unpaired) electrons. The van der Waals surface area contributed by atoms with Crippen LogP contribution in [0.25, 0.3) is 22.7 Å². The van der Waals surface area contributed by atoms with Gasteiger partial charge in [-0.05, 0) is 61.4 Å². The second-order valence-corrected chi connectivity index (χ2v) is 9.93. The number of benzene rings is 2. The lowest BCUT2D eigenvalue weighted by Crippen LogP contribution is -2.48. The van der Waals surface area contributed by atoms with E-state index in [4.69, 9.17) is 9.40 Å². The van der Waals surface area contributed by atoms with Crippen molar-refractivity contribution in [3.05, 3.63) is 84.6 Å². The van der Waals surface area contributed by atoms with E-state index in [2.05, 4.69) is 21.6 Å². The van der Waals surface area contributed by atoms with Gasteiger partial charge in [0.05, 0.1) is 12.0 Å². The number of nitrogens with zero attached hydrogens (tertiary/aromatic N) is 4. The largest absolute Gasteiger partial charge is 0.449 e. The van der Waals surface area contributed by atoms with Gasteiger partial charge in [-0.2, -0.15) is 0 Å². The smallest absolute Gasteiger partial charge is 0.289 e. The van der Waals surface area contributed by atoms with E-state index in [0.29, 0.717) is 30.7 Å². The SMILES string of the molecule is O=C(c1ccc(-c2c(-c3ccc(F)cc3)ncn2C2CCCCC2)o1)N1CCN(c2ccccc2)CC1. The van der Waals surface area contributed by atoms with Crippen molar-refractivity contribution in [2.45, 2.75) is 38.1 Å². The van der Waals surface area contributed by atoms with Crippen molar-refractivity contribution in [1.82, 2.24) is 14.5 Å². The van der Waals surface area contributed by atoms with Gasteiger partial charge in [0, 0.05) is 43.5 Å². The van der Waals surface area contributed by atoms with Crippen molar-refractivity contribution in [2.75, 3.05) is 31.1 Å². The predicted octanol–water partition coefficient (Wildman–Crippen LogP) is 6.42. The first-order chi connectivity index (χ1) is 18.2. The van der Waals surface area contributed by atoms with E-state index in [1.165, 1.54) is 37.1 Å². The number of hydrogen-bond acceptors (Lipinski definition) is 4. The molecule has 7 heteroatoms. The molecule has 1 saturated carbocycles. The highest BCUT2D eigenvalue weighted by Gasteiger charge is 2.28. The van der Waals surface area contributed by atoms with Gasteiger partial charge in [0.15, 0.2) is 11.5 Å². The molecule has 1 aliphatic carbocycles. The van der Waals surface area contributed by atoms with Crippen LogP contribution in [0, 0.1) is 5.82 Å². The van der Waals surface area contributed by atoms with Gasteiger partial charge < -0.3 is 18.8 Å². The van der Waals surface area contributed by atoms with Crippen LogP contribution in [-0.2, 0) is 0 Å². The first-order valence-corrected chi connectivity index (χ1v) is 13.2. The minimum atomic E-state index is -0.282. The Morgan fingerprint density at radius 2 is 1.59 bits per heavy atom. The van der Waals surface area contributed by atoms with Crippen LogP contribution in [0.5, 0.6) is 0 Å². The maximum absolute atomic E-state index is 13.6. The molecule has 2 aliphatic rings. The Morgan fingerprint density at radius 3 is 2.32 bits per heavy atom. The number of imidazole rings is 1. The Morgan fingerprint density at radius 1 is 0.865 bits per heavy atom. The van der Waals surface area contributed by atoms with Gasteiger partial charge in [-0.25, -0.2) is 9.37 Å². The van der Waals surface area contributed by atoms with Gasteiger partial charge in [-0.15, -0.1) is 0 Å². The maximum atomic E-state index is 13.6. The number of piperazine rings is 1. The molecule has 2 aromatic carbocycles. The molecule has 0 N–H and O–H groups in total. The summed E-state index contributed by atoms with van der Waals surface area (Å²) in [5.41, 5.74) is 3.60. The molecule has 6 rings (SSSR count). The van der Waals surface area contributed by atoms with Gasteiger partial charge in [0.2, 0.25) is 0 Å². The highest BCUT2D eigenvalue weighted by atomic mass is 19.1. The van der Waals surface area contributed by atoms with Gasteiger partial charge >= 0.3 is 0 Å². The van der Waals surface area contributed by atoms with Gasteiger partial charge in [-0.1, -0.05) is 37.5 Å². The van der Waals surface area contributed by atoms with E-state index in [1.54, 1.807) is 18.2 Å². The highest BCUT2D eigenvalue weighted by molar-refractivity contribution is 5.92. The standard InChI is InChI=1S/C30H31FN4O2/c31-23-13-11-22(12-14-23)28-29(35(21-32-28)25-9-5-2-6-10-25)26-15-16-27(37-26)30(36)34-19-17-33(18-20-34)24-7-3-1-4-8-24/h1,3-4,7-8,11-16,21,25H,2,5-6,9-10,17-20H2. The summed E-state index contributed by atoms with van der Waals surface area (Å²) in [6, 6.07) is 20.7. The molecule has 1 aliphatic heterocycles. The summed E-state index contributed by atoms with van der Waals surface area (Å²) < 4.78 is 22.1. The normalized spacial score (nSPS) is 16.8. The number of anilines is 1. The number of carbonyl (C=O) groups is 1. The molecular weight excluding hydrogens is 467 g/mol. The minimum Gasteiger partial charge on any atom is -0.449 e. The van der Waals surface area contributed by atoms with E-state index in [1.807, 2.05) is 35.5 Å². The Labute approximate surface area is 216 Å². The summed E-state index contributed by atoms with van der Waals surface area (Å²) in [5.74, 6) is 0.583. The van der Waals surface area contributed by atoms with Gasteiger partial charge in [0.25, 0.3) is 5.91 Å². The summed E-state index contributed by atoms with van der Waals surface area (Å²) in [7, 11) is 0. The molecule has 2 fully saturated rings. The molecule has 0 spiro atoms. The number of halogens is 1. The lowest BCUT2D eigenvalue weighted by molar-refractivity contribution is 0.0715. The zero-order valence-corrected chi connectivity index (χ0v) is 20.9. The van der Waals surface area contributed by atoms with Crippen molar-refractivity contribution >= 4 is 11.6 Å². The zero-order valence-electron chi connectivity index (χ0n) is 20.9. The summed E-state index contributed by atoms with van der Waals surface area (Å²) >= 11 is 0.